The first-order chi connectivity index (χ1) is 12.9. The topological polar surface area (TPSA) is 58.6 Å². The maximum absolute atomic E-state index is 13.6. The number of hydrogen-bond donors (Lipinski definition) is 1. The number of methoxy groups -OCH3 is 1. The van der Waals surface area contributed by atoms with E-state index in [1.54, 1.807) is 12.0 Å². The number of benzene rings is 2. The minimum Gasteiger partial charge on any atom is -0.497 e. The maximum Gasteiger partial charge on any atom is 0.226 e. The van der Waals surface area contributed by atoms with E-state index in [1.165, 1.54) is 6.92 Å². The SMILES string of the molecule is COc1cccc(CCN(CCC(=O)Nc2ccc(F)cc2F)C(C)=O)c1. The summed E-state index contributed by atoms with van der Waals surface area (Å²) in [4.78, 5) is 25.4. The van der Waals surface area contributed by atoms with E-state index in [1.807, 2.05) is 24.3 Å². The second-order valence-corrected chi connectivity index (χ2v) is 6.03. The first-order valence-corrected chi connectivity index (χ1v) is 8.52. The van der Waals surface area contributed by atoms with Gasteiger partial charge in [-0.2, -0.15) is 0 Å². The highest BCUT2D eigenvalue weighted by atomic mass is 19.1. The minimum atomic E-state index is -0.843. The van der Waals surface area contributed by atoms with Crippen molar-refractivity contribution in [1.82, 2.24) is 4.90 Å². The van der Waals surface area contributed by atoms with Crippen LogP contribution in [0.5, 0.6) is 5.75 Å². The Kier molecular flexibility index (Phi) is 7.28. The Balaban J connectivity index is 1.87. The van der Waals surface area contributed by atoms with Crippen molar-refractivity contribution in [3.63, 3.8) is 0 Å². The summed E-state index contributed by atoms with van der Waals surface area (Å²) in [6.45, 7) is 2.08. The largest absolute Gasteiger partial charge is 0.497 e. The number of amides is 2. The molecule has 0 bridgehead atoms. The summed E-state index contributed by atoms with van der Waals surface area (Å²) < 4.78 is 31.6. The van der Waals surface area contributed by atoms with Gasteiger partial charge in [-0.1, -0.05) is 12.1 Å². The minimum absolute atomic E-state index is 0.00844. The Bertz CT molecular complexity index is 812. The predicted molar refractivity (Wildman–Crippen MR) is 98.6 cm³/mol. The molecule has 2 amide bonds. The van der Waals surface area contributed by atoms with Crippen LogP contribution in [0.4, 0.5) is 14.5 Å². The van der Waals surface area contributed by atoms with Gasteiger partial charge in [0, 0.05) is 32.5 Å². The van der Waals surface area contributed by atoms with Crippen LogP contribution >= 0.6 is 0 Å². The lowest BCUT2D eigenvalue weighted by atomic mass is 10.1. The highest BCUT2D eigenvalue weighted by Crippen LogP contribution is 2.16. The van der Waals surface area contributed by atoms with Gasteiger partial charge in [-0.25, -0.2) is 8.78 Å². The van der Waals surface area contributed by atoms with Gasteiger partial charge in [0.1, 0.15) is 17.4 Å². The number of halogens is 2. The van der Waals surface area contributed by atoms with Crippen LogP contribution < -0.4 is 10.1 Å². The monoisotopic (exact) mass is 376 g/mol. The fourth-order valence-electron chi connectivity index (χ4n) is 2.56. The van der Waals surface area contributed by atoms with Crippen molar-refractivity contribution in [2.45, 2.75) is 19.8 Å². The van der Waals surface area contributed by atoms with Crippen molar-refractivity contribution in [1.29, 1.82) is 0 Å². The number of anilines is 1. The molecule has 0 atom stereocenters. The predicted octanol–water partition coefficient (Wildman–Crippen LogP) is 3.39. The van der Waals surface area contributed by atoms with Gasteiger partial charge in [-0.15, -0.1) is 0 Å². The molecule has 144 valence electrons. The van der Waals surface area contributed by atoms with Gasteiger partial charge in [0.2, 0.25) is 11.8 Å². The zero-order valence-electron chi connectivity index (χ0n) is 15.3. The van der Waals surface area contributed by atoms with E-state index < -0.39 is 17.5 Å². The highest BCUT2D eigenvalue weighted by molar-refractivity contribution is 5.91. The third-order valence-electron chi connectivity index (χ3n) is 4.06. The molecule has 0 saturated carbocycles. The van der Waals surface area contributed by atoms with Crippen LogP contribution in [0.1, 0.15) is 18.9 Å². The van der Waals surface area contributed by atoms with Crippen molar-refractivity contribution in [2.24, 2.45) is 0 Å². The van der Waals surface area contributed by atoms with E-state index in [-0.39, 0.29) is 24.6 Å². The van der Waals surface area contributed by atoms with Crippen LogP contribution in [-0.2, 0) is 16.0 Å². The van der Waals surface area contributed by atoms with Gasteiger partial charge in [0.25, 0.3) is 0 Å². The molecule has 27 heavy (non-hydrogen) atoms. The molecular weight excluding hydrogens is 354 g/mol. The fourth-order valence-corrected chi connectivity index (χ4v) is 2.56. The summed E-state index contributed by atoms with van der Waals surface area (Å²) in [6, 6.07) is 10.5. The third-order valence-corrected chi connectivity index (χ3v) is 4.06. The summed E-state index contributed by atoms with van der Waals surface area (Å²) >= 11 is 0. The normalized spacial score (nSPS) is 10.4. The van der Waals surface area contributed by atoms with E-state index in [9.17, 15) is 18.4 Å². The summed E-state index contributed by atoms with van der Waals surface area (Å²) in [5.74, 6) is -1.43. The molecule has 2 aromatic rings. The quantitative estimate of drug-likeness (QED) is 0.768. The lowest BCUT2D eigenvalue weighted by Crippen LogP contribution is -2.33. The summed E-state index contributed by atoms with van der Waals surface area (Å²) in [5.41, 5.74) is 0.922. The van der Waals surface area contributed by atoms with Crippen molar-refractivity contribution < 1.29 is 23.1 Å². The van der Waals surface area contributed by atoms with Crippen molar-refractivity contribution in [3.05, 3.63) is 59.7 Å². The molecule has 0 aliphatic heterocycles. The zero-order chi connectivity index (χ0) is 19.8. The Morgan fingerprint density at radius 2 is 1.89 bits per heavy atom. The summed E-state index contributed by atoms with van der Waals surface area (Å²) in [5, 5.41) is 2.39. The highest BCUT2D eigenvalue weighted by Gasteiger charge is 2.13. The molecule has 0 heterocycles. The van der Waals surface area contributed by atoms with E-state index in [0.717, 1.165) is 23.4 Å². The van der Waals surface area contributed by atoms with Gasteiger partial charge in [0.05, 0.1) is 12.8 Å². The molecule has 0 unspecified atom stereocenters. The molecule has 2 aromatic carbocycles. The lowest BCUT2D eigenvalue weighted by molar-refractivity contribution is -0.129. The molecule has 7 heteroatoms. The van der Waals surface area contributed by atoms with Crippen LogP contribution in [0.3, 0.4) is 0 Å². The maximum atomic E-state index is 13.6. The van der Waals surface area contributed by atoms with Crippen molar-refractivity contribution in [2.75, 3.05) is 25.5 Å². The Hall–Kier alpha value is -2.96. The average molecular weight is 376 g/mol. The van der Waals surface area contributed by atoms with Gasteiger partial charge in [-0.3, -0.25) is 9.59 Å². The summed E-state index contributed by atoms with van der Waals surface area (Å²) in [7, 11) is 1.59. The van der Waals surface area contributed by atoms with Crippen LogP contribution in [0, 0.1) is 11.6 Å². The number of rotatable bonds is 8. The van der Waals surface area contributed by atoms with Gasteiger partial charge >= 0.3 is 0 Å². The molecule has 0 aliphatic rings. The second-order valence-electron chi connectivity index (χ2n) is 6.03. The fraction of sp³-hybridized carbons (Fsp3) is 0.300. The molecule has 0 aromatic heterocycles. The van der Waals surface area contributed by atoms with E-state index in [4.69, 9.17) is 4.74 Å². The smallest absolute Gasteiger partial charge is 0.226 e. The molecule has 0 radical (unpaired) electrons. The van der Waals surface area contributed by atoms with E-state index >= 15 is 0 Å². The van der Waals surface area contributed by atoms with Crippen LogP contribution in [0.25, 0.3) is 0 Å². The van der Waals surface area contributed by atoms with Crippen molar-refractivity contribution >= 4 is 17.5 Å². The van der Waals surface area contributed by atoms with E-state index in [2.05, 4.69) is 5.32 Å². The van der Waals surface area contributed by atoms with Crippen LogP contribution in [0.2, 0.25) is 0 Å². The van der Waals surface area contributed by atoms with Crippen LogP contribution in [-0.4, -0.2) is 36.9 Å². The van der Waals surface area contributed by atoms with Gasteiger partial charge in [0.15, 0.2) is 0 Å². The number of nitrogens with one attached hydrogen (secondary N) is 1. The number of nitrogens with zero attached hydrogens (tertiary/aromatic N) is 1. The second kappa shape index (κ2) is 9.66. The molecule has 0 aliphatic carbocycles. The first-order valence-electron chi connectivity index (χ1n) is 8.52. The van der Waals surface area contributed by atoms with Crippen molar-refractivity contribution in [3.8, 4) is 5.75 Å². The molecule has 0 spiro atoms. The average Bonchev–Trinajstić information content (AvgIpc) is 2.64. The first kappa shape index (κ1) is 20.4. The van der Waals surface area contributed by atoms with Gasteiger partial charge in [-0.05, 0) is 36.2 Å². The molecule has 2 rings (SSSR count). The summed E-state index contributed by atoms with van der Waals surface area (Å²) in [6.07, 6.45) is 0.625. The number of hydrogen-bond acceptors (Lipinski definition) is 3. The third kappa shape index (κ3) is 6.36. The number of ether oxygens (including phenoxy) is 1. The molecule has 0 fully saturated rings. The molecular formula is C20H22F2N2O3. The van der Waals surface area contributed by atoms with Crippen LogP contribution in [0.15, 0.2) is 42.5 Å². The number of carbonyl (C=O) groups excluding carboxylic acids is 2. The van der Waals surface area contributed by atoms with E-state index in [0.29, 0.717) is 19.0 Å². The molecule has 1 N–H and O–H groups in total. The Morgan fingerprint density at radius 1 is 1.11 bits per heavy atom. The lowest BCUT2D eigenvalue weighted by Gasteiger charge is -2.21. The standard InChI is InChI=1S/C20H22F2N2O3/c1-14(25)24(10-8-15-4-3-5-17(12-15)27-2)11-9-20(26)23-19-7-6-16(21)13-18(19)22/h3-7,12-13H,8-11H2,1-2H3,(H,23,26). The molecule has 5 nitrogen and oxygen atoms in total. The van der Waals surface area contributed by atoms with Gasteiger partial charge < -0.3 is 15.0 Å². The zero-order valence-corrected chi connectivity index (χ0v) is 15.3. The number of carbonyl (C=O) groups is 2. The Morgan fingerprint density at radius 3 is 2.56 bits per heavy atom. The Labute approximate surface area is 156 Å². The molecule has 0 saturated heterocycles.